The molecule has 1 aliphatic heterocycles. The van der Waals surface area contributed by atoms with E-state index in [1.807, 2.05) is 17.0 Å². The third kappa shape index (κ3) is 5.24. The highest BCUT2D eigenvalue weighted by molar-refractivity contribution is 6.42. The van der Waals surface area contributed by atoms with Gasteiger partial charge in [-0.3, -0.25) is 9.59 Å². The van der Waals surface area contributed by atoms with Crippen LogP contribution in [-0.2, 0) is 11.2 Å². The van der Waals surface area contributed by atoms with Crippen LogP contribution in [0.25, 0.3) is 0 Å². The zero-order valence-electron chi connectivity index (χ0n) is 15.1. The normalized spacial score (nSPS) is 14.9. The summed E-state index contributed by atoms with van der Waals surface area (Å²) in [5.41, 5.74) is 1.45. The van der Waals surface area contributed by atoms with Crippen molar-refractivity contribution >= 4 is 34.9 Å². The van der Waals surface area contributed by atoms with E-state index >= 15 is 0 Å². The maximum Gasteiger partial charge on any atom is 0.219 e. The second kappa shape index (κ2) is 8.77. The van der Waals surface area contributed by atoms with Crippen molar-refractivity contribution in [2.24, 2.45) is 0 Å². The van der Waals surface area contributed by atoms with E-state index in [1.54, 1.807) is 37.3 Å². The van der Waals surface area contributed by atoms with Gasteiger partial charge in [-0.05, 0) is 42.0 Å². The number of amides is 1. The Morgan fingerprint density at radius 2 is 1.70 bits per heavy atom. The van der Waals surface area contributed by atoms with Gasteiger partial charge >= 0.3 is 0 Å². The average Bonchev–Trinajstić information content (AvgIpc) is 2.66. The lowest BCUT2D eigenvalue weighted by molar-refractivity contribution is -0.130. The molecule has 1 aliphatic rings. The van der Waals surface area contributed by atoms with Gasteiger partial charge < -0.3 is 9.64 Å². The fraction of sp³-hybridized carbons (Fsp3) is 0.333. The summed E-state index contributed by atoms with van der Waals surface area (Å²) in [5.74, 6) is 0.857. The van der Waals surface area contributed by atoms with Gasteiger partial charge in [-0.1, -0.05) is 29.3 Å². The molecule has 0 spiro atoms. The minimum absolute atomic E-state index is 0.00899. The number of ether oxygens (including phenoxy) is 1. The summed E-state index contributed by atoms with van der Waals surface area (Å²) in [5, 5.41) is 0.921. The first kappa shape index (κ1) is 19.7. The highest BCUT2D eigenvalue weighted by atomic mass is 35.5. The Hall–Kier alpha value is -2.04. The molecule has 27 heavy (non-hydrogen) atoms. The van der Waals surface area contributed by atoms with Gasteiger partial charge in [0.2, 0.25) is 5.91 Å². The van der Waals surface area contributed by atoms with Crippen LogP contribution < -0.4 is 4.74 Å². The molecule has 1 amide bonds. The Morgan fingerprint density at radius 3 is 2.30 bits per heavy atom. The molecule has 0 aliphatic carbocycles. The Bertz CT molecular complexity index is 828. The molecule has 2 aromatic rings. The summed E-state index contributed by atoms with van der Waals surface area (Å²) < 4.78 is 5.98. The number of likely N-dealkylation sites (tertiary alicyclic amines) is 1. The van der Waals surface area contributed by atoms with Crippen LogP contribution in [0, 0.1) is 0 Å². The number of benzene rings is 2. The van der Waals surface area contributed by atoms with Crippen LogP contribution in [0.4, 0.5) is 0 Å². The summed E-state index contributed by atoms with van der Waals surface area (Å²) in [6, 6.07) is 12.4. The van der Waals surface area contributed by atoms with E-state index in [9.17, 15) is 9.59 Å². The highest BCUT2D eigenvalue weighted by Crippen LogP contribution is 2.24. The predicted octanol–water partition coefficient (Wildman–Crippen LogP) is 4.81. The molecule has 0 bridgehead atoms. The summed E-state index contributed by atoms with van der Waals surface area (Å²) in [4.78, 5) is 25.7. The molecule has 0 aromatic heterocycles. The third-order valence-corrected chi connectivity index (χ3v) is 5.45. The van der Waals surface area contributed by atoms with Gasteiger partial charge in [0.1, 0.15) is 11.9 Å². The Labute approximate surface area is 169 Å². The first-order valence-electron chi connectivity index (χ1n) is 8.92. The first-order chi connectivity index (χ1) is 12.9. The van der Waals surface area contributed by atoms with Gasteiger partial charge in [0.25, 0.3) is 0 Å². The Balaban J connectivity index is 1.56. The molecule has 0 radical (unpaired) electrons. The van der Waals surface area contributed by atoms with Crippen LogP contribution in [0.15, 0.2) is 42.5 Å². The molecule has 1 fully saturated rings. The molecular formula is C21H21Cl2NO3. The fourth-order valence-electron chi connectivity index (χ4n) is 3.14. The molecule has 0 unspecified atom stereocenters. The van der Waals surface area contributed by atoms with Crippen molar-refractivity contribution in [3.8, 4) is 5.75 Å². The molecule has 3 rings (SSSR count). The molecule has 4 nitrogen and oxygen atoms in total. The number of ketones is 1. The van der Waals surface area contributed by atoms with E-state index in [1.165, 1.54) is 0 Å². The molecule has 1 saturated heterocycles. The number of Topliss-reactive ketones (excluding diaryl/α,β-unsaturated/α-hetero) is 1. The number of rotatable bonds is 5. The van der Waals surface area contributed by atoms with Gasteiger partial charge in [0, 0.05) is 44.8 Å². The van der Waals surface area contributed by atoms with Crippen molar-refractivity contribution in [2.75, 3.05) is 13.1 Å². The average molecular weight is 406 g/mol. The van der Waals surface area contributed by atoms with Crippen molar-refractivity contribution in [3.05, 3.63) is 63.6 Å². The highest BCUT2D eigenvalue weighted by Gasteiger charge is 2.22. The Kier molecular flexibility index (Phi) is 6.40. The van der Waals surface area contributed by atoms with E-state index in [2.05, 4.69) is 0 Å². The smallest absolute Gasteiger partial charge is 0.219 e. The lowest BCUT2D eigenvalue weighted by Crippen LogP contribution is -2.40. The lowest BCUT2D eigenvalue weighted by Gasteiger charge is -2.31. The molecule has 6 heteroatoms. The van der Waals surface area contributed by atoms with Crippen LogP contribution in [0.3, 0.4) is 0 Å². The van der Waals surface area contributed by atoms with Gasteiger partial charge in [-0.15, -0.1) is 0 Å². The number of piperidine rings is 1. The summed E-state index contributed by atoms with van der Waals surface area (Å²) in [6.45, 7) is 3.04. The SMILES string of the molecule is CC(=O)N1CCC(Oc2ccc(C(=O)Cc3ccc(Cl)c(Cl)c3)cc2)CC1. The summed E-state index contributed by atoms with van der Waals surface area (Å²) in [6.07, 6.45) is 1.99. The molecule has 0 N–H and O–H groups in total. The topological polar surface area (TPSA) is 46.6 Å². The van der Waals surface area contributed by atoms with Gasteiger partial charge in [0.05, 0.1) is 10.0 Å². The van der Waals surface area contributed by atoms with Gasteiger partial charge in [-0.25, -0.2) is 0 Å². The second-order valence-corrected chi connectivity index (χ2v) is 7.51. The van der Waals surface area contributed by atoms with Crippen molar-refractivity contribution in [2.45, 2.75) is 32.3 Å². The van der Waals surface area contributed by atoms with E-state index in [0.29, 0.717) is 15.6 Å². The number of nitrogens with zero attached hydrogens (tertiary/aromatic N) is 1. The summed E-state index contributed by atoms with van der Waals surface area (Å²) >= 11 is 11.9. The number of hydrogen-bond acceptors (Lipinski definition) is 3. The van der Waals surface area contributed by atoms with E-state index in [-0.39, 0.29) is 24.2 Å². The minimum atomic E-state index is 0.00899. The molecule has 142 valence electrons. The van der Waals surface area contributed by atoms with Crippen molar-refractivity contribution in [3.63, 3.8) is 0 Å². The van der Waals surface area contributed by atoms with Gasteiger partial charge in [-0.2, -0.15) is 0 Å². The van der Waals surface area contributed by atoms with Gasteiger partial charge in [0.15, 0.2) is 5.78 Å². The maximum absolute atomic E-state index is 12.5. The van der Waals surface area contributed by atoms with Crippen LogP contribution >= 0.6 is 23.2 Å². The molecular weight excluding hydrogens is 385 g/mol. The largest absolute Gasteiger partial charge is 0.490 e. The van der Waals surface area contributed by atoms with Crippen LogP contribution in [-0.4, -0.2) is 35.8 Å². The molecule has 2 aromatic carbocycles. The zero-order chi connectivity index (χ0) is 19.4. The minimum Gasteiger partial charge on any atom is -0.490 e. The van der Waals surface area contributed by atoms with Crippen molar-refractivity contribution < 1.29 is 14.3 Å². The first-order valence-corrected chi connectivity index (χ1v) is 9.67. The molecule has 1 heterocycles. The van der Waals surface area contributed by atoms with E-state index in [4.69, 9.17) is 27.9 Å². The van der Waals surface area contributed by atoms with E-state index < -0.39 is 0 Å². The summed E-state index contributed by atoms with van der Waals surface area (Å²) in [7, 11) is 0. The van der Waals surface area contributed by atoms with E-state index in [0.717, 1.165) is 37.2 Å². The fourth-order valence-corrected chi connectivity index (χ4v) is 3.46. The third-order valence-electron chi connectivity index (χ3n) is 4.72. The lowest BCUT2D eigenvalue weighted by atomic mass is 10.0. The van der Waals surface area contributed by atoms with Crippen molar-refractivity contribution in [1.29, 1.82) is 0 Å². The molecule has 0 atom stereocenters. The van der Waals surface area contributed by atoms with Crippen molar-refractivity contribution in [1.82, 2.24) is 4.90 Å². The van der Waals surface area contributed by atoms with Crippen LogP contribution in [0.2, 0.25) is 10.0 Å². The Morgan fingerprint density at radius 1 is 1.04 bits per heavy atom. The second-order valence-electron chi connectivity index (χ2n) is 6.70. The number of carbonyl (C=O) groups is 2. The predicted molar refractivity (Wildman–Crippen MR) is 107 cm³/mol. The molecule has 0 saturated carbocycles. The standard InChI is InChI=1S/C21H21Cl2NO3/c1-14(25)24-10-8-18(9-11-24)27-17-5-3-16(4-6-17)21(26)13-15-2-7-19(22)20(23)12-15/h2-7,12,18H,8-11,13H2,1H3. The number of hydrogen-bond donors (Lipinski definition) is 0. The quantitative estimate of drug-likeness (QED) is 0.670. The van der Waals surface area contributed by atoms with Crippen LogP contribution in [0.1, 0.15) is 35.7 Å². The number of carbonyl (C=O) groups excluding carboxylic acids is 2. The van der Waals surface area contributed by atoms with Crippen LogP contribution in [0.5, 0.6) is 5.75 Å². The maximum atomic E-state index is 12.5. The monoisotopic (exact) mass is 405 g/mol. The number of halogens is 2. The zero-order valence-corrected chi connectivity index (χ0v) is 16.6.